The maximum absolute atomic E-state index is 13.1. The quantitative estimate of drug-likeness (QED) is 0.284. The number of hydrogen-bond acceptors (Lipinski definition) is 4. The van der Waals surface area contributed by atoms with Crippen molar-refractivity contribution in [1.82, 2.24) is 8.01 Å². The number of fused-ring (bicyclic) bond motifs is 2. The fourth-order valence-corrected chi connectivity index (χ4v) is 8.00. The van der Waals surface area contributed by atoms with Gasteiger partial charge >= 0.3 is 0 Å². The van der Waals surface area contributed by atoms with Crippen LogP contribution in [0.1, 0.15) is 26.2 Å². The number of amides is 4. The molecule has 0 bridgehead atoms. The van der Waals surface area contributed by atoms with Crippen LogP contribution in [-0.4, -0.2) is 38.2 Å². The number of halogens is 1. The summed E-state index contributed by atoms with van der Waals surface area (Å²) in [5.41, 5.74) is 6.35. The molecule has 0 spiro atoms. The van der Waals surface area contributed by atoms with Crippen LogP contribution in [0.15, 0.2) is 69.4 Å². The topological polar surface area (TPSA) is 74.8 Å². The number of hydrogen-bond donors (Lipinski definition) is 0. The van der Waals surface area contributed by atoms with Gasteiger partial charge in [0.25, 0.3) is 17.7 Å². The highest BCUT2D eigenvalue weighted by atomic mass is 127. The Labute approximate surface area is 204 Å². The van der Waals surface area contributed by atoms with Crippen molar-refractivity contribution in [3.05, 3.63) is 69.4 Å². The molecule has 4 amide bonds. The average Bonchev–Trinajstić information content (AvgIpc) is 2.83. The maximum atomic E-state index is 13.1. The highest BCUT2D eigenvalue weighted by molar-refractivity contribution is 14.1. The van der Waals surface area contributed by atoms with Crippen LogP contribution >= 0.6 is 22.9 Å². The molecule has 0 aromatic carbocycles. The fourth-order valence-electron chi connectivity index (χ4n) is 7.40. The monoisotopic (exact) mass is 552 g/mol. The Hall–Kier alpha value is -2.55. The van der Waals surface area contributed by atoms with E-state index < -0.39 is 0 Å². The van der Waals surface area contributed by atoms with Gasteiger partial charge in [-0.3, -0.25) is 24.1 Å². The van der Waals surface area contributed by atoms with Crippen molar-refractivity contribution in [3.8, 4) is 0 Å². The van der Waals surface area contributed by atoms with E-state index in [2.05, 4.69) is 12.2 Å². The van der Waals surface area contributed by atoms with E-state index in [0.29, 0.717) is 23.3 Å². The van der Waals surface area contributed by atoms with Gasteiger partial charge in [0.2, 0.25) is 5.91 Å². The molecule has 5 aliphatic carbocycles. The van der Waals surface area contributed by atoms with Crippen LogP contribution in [-0.2, 0) is 19.2 Å². The summed E-state index contributed by atoms with van der Waals surface area (Å²) in [6.07, 6.45) is 12.4. The van der Waals surface area contributed by atoms with Crippen LogP contribution in [0.5, 0.6) is 0 Å². The van der Waals surface area contributed by atoms with Crippen molar-refractivity contribution in [1.29, 1.82) is 0 Å². The number of allylic oxidation sites excluding steroid dienone is 6. The molecule has 2 aliphatic heterocycles. The van der Waals surface area contributed by atoms with Gasteiger partial charge in [0.1, 0.15) is 0 Å². The predicted molar refractivity (Wildman–Crippen MR) is 127 cm³/mol. The summed E-state index contributed by atoms with van der Waals surface area (Å²) >= 11 is 1.84. The second-order valence-corrected chi connectivity index (χ2v) is 10.7. The summed E-state index contributed by atoms with van der Waals surface area (Å²) in [6, 6.07) is 0. The summed E-state index contributed by atoms with van der Waals surface area (Å²) < 4.78 is 1.26. The third-order valence-corrected chi connectivity index (χ3v) is 9.56. The molecule has 0 aromatic rings. The summed E-state index contributed by atoms with van der Waals surface area (Å²) in [5, 5.41) is 0. The highest BCUT2D eigenvalue weighted by Gasteiger charge is 2.56. The minimum atomic E-state index is -0.245. The predicted octanol–water partition coefficient (Wildman–Crippen LogP) is 3.34. The molecule has 7 aliphatic rings. The van der Waals surface area contributed by atoms with Crippen LogP contribution in [0, 0.1) is 29.6 Å². The molecule has 0 aromatic heterocycles. The number of carbonyl (C=O) groups excluding carboxylic acids is 4. The molecule has 0 N–H and O–H groups in total. The Kier molecular flexibility index (Phi) is 3.93. The Balaban J connectivity index is 1.45. The molecule has 5 unspecified atom stereocenters. The zero-order chi connectivity index (χ0) is 22.8. The number of nitrogens with zero attached hydrogens (tertiary/aromatic N) is 2. The van der Waals surface area contributed by atoms with E-state index in [0.717, 1.165) is 30.4 Å². The minimum Gasteiger partial charge on any atom is -0.275 e. The van der Waals surface area contributed by atoms with Gasteiger partial charge in [-0.25, -0.2) is 3.11 Å². The third-order valence-electron chi connectivity index (χ3n) is 8.65. The Morgan fingerprint density at radius 3 is 2.58 bits per heavy atom. The van der Waals surface area contributed by atoms with Gasteiger partial charge in [-0.1, -0.05) is 35.5 Å². The molecule has 1 saturated carbocycles. The van der Waals surface area contributed by atoms with E-state index in [-0.39, 0.29) is 53.2 Å². The van der Waals surface area contributed by atoms with Crippen LogP contribution in [0.25, 0.3) is 0 Å². The first-order valence-corrected chi connectivity index (χ1v) is 12.6. The van der Waals surface area contributed by atoms with Crippen LogP contribution in [0.3, 0.4) is 0 Å². The first-order valence-electron chi connectivity index (χ1n) is 11.6. The molecule has 33 heavy (non-hydrogen) atoms. The Morgan fingerprint density at radius 2 is 1.79 bits per heavy atom. The SMILES string of the molecule is CCN1C(=O)C2=CC=C3C4CC=C5C(=O)N(I)C(=O)C6CCC(C4=C56)C4C=CC(=C2C34)C1=O. The molecule has 6 nitrogen and oxygen atoms in total. The molecule has 2 fully saturated rings. The maximum Gasteiger partial charge on any atom is 0.269 e. The van der Waals surface area contributed by atoms with Crippen molar-refractivity contribution in [2.75, 3.05) is 6.54 Å². The second-order valence-electron chi connectivity index (χ2n) is 9.78. The number of piperidine rings is 1. The highest BCUT2D eigenvalue weighted by Crippen LogP contribution is 2.62. The third kappa shape index (κ3) is 2.24. The minimum absolute atomic E-state index is 0.0128. The summed E-state index contributed by atoms with van der Waals surface area (Å²) in [6.45, 7) is 2.19. The van der Waals surface area contributed by atoms with Gasteiger partial charge in [0.05, 0.1) is 28.8 Å². The molecular formula is C26H21IN2O4. The van der Waals surface area contributed by atoms with Crippen molar-refractivity contribution in [2.24, 2.45) is 29.6 Å². The van der Waals surface area contributed by atoms with Crippen molar-refractivity contribution in [3.63, 3.8) is 0 Å². The largest absolute Gasteiger partial charge is 0.275 e. The number of rotatable bonds is 1. The number of likely N-dealkylation sites (N-methyl/N-ethyl adjacent to an activating group) is 1. The molecule has 2 heterocycles. The van der Waals surface area contributed by atoms with Gasteiger partial charge in [0.15, 0.2) is 0 Å². The molecular weight excluding hydrogens is 531 g/mol. The van der Waals surface area contributed by atoms with Crippen molar-refractivity contribution >= 4 is 46.5 Å². The standard InChI is InChI=1S/C26H21IN2O4/c1-2-28-23(30)15-7-3-11-13-5-9-17-22-18(26(33)29(27)25(17)32)10-6-14(20(13)22)12-4-8-16(24(28)31)21(15)19(11)12/h3-4,7-9,12-14,18-19H,2,5-6,10H2,1H3. The van der Waals surface area contributed by atoms with E-state index in [1.807, 2.05) is 48.0 Å². The Bertz CT molecular complexity index is 1310. The lowest BCUT2D eigenvalue weighted by Gasteiger charge is -2.54. The Morgan fingerprint density at radius 1 is 0.970 bits per heavy atom. The lowest BCUT2D eigenvalue weighted by atomic mass is 9.50. The number of carbonyl (C=O) groups is 4. The molecule has 1 saturated heterocycles. The van der Waals surface area contributed by atoms with E-state index in [9.17, 15) is 19.2 Å². The summed E-state index contributed by atoms with van der Waals surface area (Å²) in [4.78, 5) is 53.5. The van der Waals surface area contributed by atoms with Gasteiger partial charge < -0.3 is 0 Å². The van der Waals surface area contributed by atoms with E-state index in [1.165, 1.54) is 19.2 Å². The summed E-state index contributed by atoms with van der Waals surface area (Å²) in [7, 11) is 0. The fraction of sp³-hybridized carbons (Fsp3) is 0.385. The van der Waals surface area contributed by atoms with Crippen LogP contribution in [0.2, 0.25) is 0 Å². The van der Waals surface area contributed by atoms with Crippen LogP contribution in [0.4, 0.5) is 0 Å². The van der Waals surface area contributed by atoms with E-state index >= 15 is 0 Å². The van der Waals surface area contributed by atoms with Gasteiger partial charge in [-0.05, 0) is 55.2 Å². The van der Waals surface area contributed by atoms with E-state index in [1.54, 1.807) is 0 Å². The van der Waals surface area contributed by atoms with Crippen molar-refractivity contribution < 1.29 is 19.2 Å². The van der Waals surface area contributed by atoms with Crippen molar-refractivity contribution in [2.45, 2.75) is 26.2 Å². The molecule has 5 atom stereocenters. The molecule has 7 heteroatoms. The van der Waals surface area contributed by atoms with Gasteiger partial charge in [0, 0.05) is 35.1 Å². The zero-order valence-electron chi connectivity index (χ0n) is 18.0. The summed E-state index contributed by atoms with van der Waals surface area (Å²) in [5.74, 6) is -0.469. The lowest BCUT2D eigenvalue weighted by molar-refractivity contribution is -0.141. The van der Waals surface area contributed by atoms with Gasteiger partial charge in [-0.2, -0.15) is 0 Å². The second kappa shape index (κ2) is 6.52. The first kappa shape index (κ1) is 19.9. The zero-order valence-corrected chi connectivity index (χ0v) is 20.2. The van der Waals surface area contributed by atoms with Gasteiger partial charge in [-0.15, -0.1) is 0 Å². The van der Waals surface area contributed by atoms with E-state index in [4.69, 9.17) is 0 Å². The smallest absolute Gasteiger partial charge is 0.269 e. The average molecular weight is 552 g/mol. The molecule has 166 valence electrons. The van der Waals surface area contributed by atoms with Crippen LogP contribution < -0.4 is 0 Å². The normalized spacial score (nSPS) is 35.9. The number of imide groups is 2. The molecule has 0 radical (unpaired) electrons. The lowest BCUT2D eigenvalue weighted by Crippen LogP contribution is -2.51. The first-order chi connectivity index (χ1) is 15.9. The molecule has 7 rings (SSSR count).